The van der Waals surface area contributed by atoms with E-state index in [0.29, 0.717) is 13.1 Å². The van der Waals surface area contributed by atoms with Crippen molar-refractivity contribution in [2.45, 2.75) is 317 Å². The maximum absolute atomic E-state index is 10.00. The minimum Gasteiger partial charge on any atom is -0.468 e. The first-order valence-corrected chi connectivity index (χ1v) is 27.7. The van der Waals surface area contributed by atoms with Crippen LogP contribution in [-0.2, 0) is 30.6 Å². The SMILES string of the molecule is CCCCCCCCCCC(C)CCCCCCCC.CCCCCCCCCCC(O)CCCCCCCC.[CH2-]CCCCCN(CCCC)CCCCCCOC=O.[W]. The largest absolute Gasteiger partial charge is 0.468 e. The number of aliphatic hydroxyl groups is 1. The van der Waals surface area contributed by atoms with Crippen molar-refractivity contribution in [2.75, 3.05) is 26.2 Å². The predicted octanol–water partition coefficient (Wildman–Crippen LogP) is 18.7. The number of rotatable bonds is 48. The summed E-state index contributed by atoms with van der Waals surface area (Å²) in [4.78, 5) is 12.6. The average molecular weight is 1040 g/mol. The van der Waals surface area contributed by atoms with Crippen LogP contribution in [0.25, 0.3) is 0 Å². The van der Waals surface area contributed by atoms with Gasteiger partial charge in [-0.25, -0.2) is 0 Å². The first-order valence-electron chi connectivity index (χ1n) is 27.7. The summed E-state index contributed by atoms with van der Waals surface area (Å²) in [7, 11) is 0. The van der Waals surface area contributed by atoms with Crippen molar-refractivity contribution >= 4 is 6.47 Å². The first kappa shape index (κ1) is 67.7. The van der Waals surface area contributed by atoms with Gasteiger partial charge in [0.2, 0.25) is 0 Å². The predicted molar refractivity (Wildman–Crippen MR) is 271 cm³/mol. The molecule has 370 valence electrons. The number of hydrogen-bond donors (Lipinski definition) is 1. The van der Waals surface area contributed by atoms with Gasteiger partial charge in [-0.2, -0.15) is 6.42 Å². The molecule has 0 amide bonds. The molecule has 0 aliphatic rings. The zero-order valence-corrected chi connectivity index (χ0v) is 46.0. The van der Waals surface area contributed by atoms with Gasteiger partial charge in [0, 0.05) is 21.1 Å². The number of nitrogens with zero attached hydrogens (tertiary/aromatic N) is 1. The quantitative estimate of drug-likeness (QED) is 0.0375. The molecule has 5 heteroatoms. The van der Waals surface area contributed by atoms with Crippen LogP contribution in [-0.4, -0.2) is 48.8 Å². The van der Waals surface area contributed by atoms with Gasteiger partial charge in [-0.05, 0) is 64.1 Å². The summed E-state index contributed by atoms with van der Waals surface area (Å²) in [6.45, 7) is 22.6. The van der Waals surface area contributed by atoms with Gasteiger partial charge in [0.15, 0.2) is 0 Å². The van der Waals surface area contributed by atoms with E-state index < -0.39 is 0 Å². The summed E-state index contributed by atoms with van der Waals surface area (Å²) in [6.07, 6.45) is 56.4. The molecule has 1 N–H and O–H groups in total. The smallest absolute Gasteiger partial charge is 0.293 e. The molecular weight excluding hydrogens is 918 g/mol. The van der Waals surface area contributed by atoms with E-state index >= 15 is 0 Å². The van der Waals surface area contributed by atoms with E-state index in [1.54, 1.807) is 0 Å². The fraction of sp³-hybridized carbons (Fsp3) is 0.964. The Morgan fingerprint density at radius 1 is 0.426 bits per heavy atom. The maximum Gasteiger partial charge on any atom is 0.293 e. The Morgan fingerprint density at radius 3 is 1.08 bits per heavy atom. The molecular formula is C56H116NO3W-. The molecule has 0 aromatic rings. The van der Waals surface area contributed by atoms with E-state index in [0.717, 1.165) is 38.0 Å². The van der Waals surface area contributed by atoms with Crippen LogP contribution in [0.5, 0.6) is 0 Å². The third-order valence-electron chi connectivity index (χ3n) is 12.5. The second kappa shape index (κ2) is 64.4. The van der Waals surface area contributed by atoms with Crippen LogP contribution in [0.4, 0.5) is 0 Å². The number of aliphatic hydroxyl groups excluding tert-OH is 1. The summed E-state index contributed by atoms with van der Waals surface area (Å²) < 4.78 is 4.69. The van der Waals surface area contributed by atoms with E-state index in [1.807, 2.05) is 0 Å². The molecule has 0 saturated carbocycles. The van der Waals surface area contributed by atoms with Gasteiger partial charge in [0.1, 0.15) is 0 Å². The average Bonchev–Trinajstić information content (AvgIpc) is 3.25. The number of hydrogen-bond acceptors (Lipinski definition) is 4. The van der Waals surface area contributed by atoms with Crippen LogP contribution in [0.15, 0.2) is 0 Å². The summed E-state index contributed by atoms with van der Waals surface area (Å²) in [6, 6.07) is 0. The monoisotopic (exact) mass is 1030 g/mol. The first-order chi connectivity index (χ1) is 29.5. The van der Waals surface area contributed by atoms with E-state index in [2.05, 4.69) is 53.4 Å². The Labute approximate surface area is 401 Å². The Bertz CT molecular complexity index is 686. The van der Waals surface area contributed by atoms with Crippen LogP contribution in [0.3, 0.4) is 0 Å². The number of carbonyl (C=O) groups is 1. The third-order valence-corrected chi connectivity index (χ3v) is 12.5. The fourth-order valence-corrected chi connectivity index (χ4v) is 8.19. The second-order valence-electron chi connectivity index (χ2n) is 18.9. The third kappa shape index (κ3) is 66.8. The standard InChI is InChI=1S/C20H42.C19H40O.C17H34NO2.W/c1-4-6-8-10-12-13-15-17-19-20(3)18-16-14-11-9-7-5-2;1-3-5-7-9-11-12-14-16-18-19(20)17-15-13-10-8-6-4-2;1-3-5-7-10-14-18(13-6-4-2)15-11-8-9-12-16-20-17-19;/h20H,4-19H2,1-3H3;19-20H,3-18H2,1-2H3;17H,1,3-16H2,2H3;/q;;-1;. The molecule has 0 saturated heterocycles. The van der Waals surface area contributed by atoms with Crippen molar-refractivity contribution < 1.29 is 35.7 Å². The molecule has 0 aromatic heterocycles. The Balaban J connectivity index is -0.000000396. The summed E-state index contributed by atoms with van der Waals surface area (Å²) >= 11 is 0. The van der Waals surface area contributed by atoms with Gasteiger partial charge in [0.25, 0.3) is 6.47 Å². The summed E-state index contributed by atoms with van der Waals surface area (Å²) in [5, 5.41) is 9.92. The van der Waals surface area contributed by atoms with Gasteiger partial charge >= 0.3 is 0 Å². The molecule has 61 heavy (non-hydrogen) atoms. The van der Waals surface area contributed by atoms with Crippen molar-refractivity contribution in [1.82, 2.24) is 4.90 Å². The van der Waals surface area contributed by atoms with Crippen molar-refractivity contribution in [1.29, 1.82) is 0 Å². The van der Waals surface area contributed by atoms with Crippen molar-refractivity contribution in [3.8, 4) is 0 Å². The van der Waals surface area contributed by atoms with E-state index in [9.17, 15) is 9.90 Å². The number of unbranched alkanes of at least 4 members (excludes halogenated alkanes) is 31. The van der Waals surface area contributed by atoms with E-state index in [4.69, 9.17) is 4.74 Å². The summed E-state index contributed by atoms with van der Waals surface area (Å²) in [5.74, 6) is 0.973. The topological polar surface area (TPSA) is 49.8 Å². The number of carbonyl (C=O) groups excluding carboxylic acids is 1. The zero-order valence-electron chi connectivity index (χ0n) is 43.1. The molecule has 0 bridgehead atoms. The molecule has 4 nitrogen and oxygen atoms in total. The van der Waals surface area contributed by atoms with Crippen LogP contribution in [0, 0.1) is 12.8 Å². The molecule has 0 spiro atoms. The molecule has 0 rings (SSSR count). The van der Waals surface area contributed by atoms with Crippen molar-refractivity contribution in [3.05, 3.63) is 6.92 Å². The van der Waals surface area contributed by atoms with Crippen molar-refractivity contribution in [2.24, 2.45) is 5.92 Å². The molecule has 0 heterocycles. The van der Waals surface area contributed by atoms with Gasteiger partial charge < -0.3 is 21.7 Å². The Hall–Kier alpha value is 0.0783. The zero-order chi connectivity index (χ0) is 44.7. The molecule has 2 unspecified atom stereocenters. The van der Waals surface area contributed by atoms with Gasteiger partial charge in [-0.15, -0.1) is 0 Å². The summed E-state index contributed by atoms with van der Waals surface area (Å²) in [5.41, 5.74) is 0. The molecule has 0 aromatic carbocycles. The van der Waals surface area contributed by atoms with Gasteiger partial charge in [-0.1, -0.05) is 266 Å². The Morgan fingerprint density at radius 2 is 0.721 bits per heavy atom. The minimum atomic E-state index is -0.0266. The van der Waals surface area contributed by atoms with Crippen LogP contribution in [0.1, 0.15) is 311 Å². The van der Waals surface area contributed by atoms with Gasteiger partial charge in [0.05, 0.1) is 12.7 Å². The molecule has 0 aliphatic carbocycles. The molecule has 0 radical (unpaired) electrons. The minimum absolute atomic E-state index is 0. The van der Waals surface area contributed by atoms with Crippen molar-refractivity contribution in [3.63, 3.8) is 0 Å². The number of ether oxygens (including phenoxy) is 1. The fourth-order valence-electron chi connectivity index (χ4n) is 8.19. The van der Waals surface area contributed by atoms with E-state index in [-0.39, 0.29) is 27.2 Å². The van der Waals surface area contributed by atoms with E-state index in [1.165, 1.54) is 257 Å². The molecule has 0 aliphatic heterocycles. The van der Waals surface area contributed by atoms with Crippen LogP contribution in [0.2, 0.25) is 0 Å². The maximum atomic E-state index is 10.00. The molecule has 0 fully saturated rings. The van der Waals surface area contributed by atoms with Gasteiger partial charge in [-0.3, -0.25) is 4.79 Å². The second-order valence-corrected chi connectivity index (χ2v) is 18.9. The van der Waals surface area contributed by atoms with Crippen LogP contribution >= 0.6 is 0 Å². The molecule has 2 atom stereocenters. The normalized spacial score (nSPS) is 12.0. The van der Waals surface area contributed by atoms with Crippen LogP contribution < -0.4 is 0 Å². The Kier molecular flexibility index (Phi) is 71.4.